The summed E-state index contributed by atoms with van der Waals surface area (Å²) in [6.07, 6.45) is 1.60. The molecule has 0 saturated carbocycles. The zero-order valence-electron chi connectivity index (χ0n) is 4.25. The summed E-state index contributed by atoms with van der Waals surface area (Å²) in [4.78, 5) is 3.71. The molecule has 44 valence electrons. The van der Waals surface area contributed by atoms with Crippen LogP contribution in [0.5, 0.6) is 0 Å². The molecule has 0 aliphatic heterocycles. The Morgan fingerprint density at radius 3 is 3.00 bits per heavy atom. The Kier molecular flexibility index (Phi) is 1.75. The third-order valence-electron chi connectivity index (χ3n) is 0.663. The second kappa shape index (κ2) is 2.37. The van der Waals surface area contributed by atoms with Crippen molar-refractivity contribution < 1.29 is 4.21 Å². The summed E-state index contributed by atoms with van der Waals surface area (Å²) in [5, 5.41) is 2.35. The molecular weight excluding hydrogens is 142 g/mol. The van der Waals surface area contributed by atoms with E-state index in [1.165, 1.54) is 11.3 Å². The van der Waals surface area contributed by atoms with Crippen LogP contribution in [0.1, 0.15) is 0 Å². The van der Waals surface area contributed by atoms with Crippen LogP contribution in [0, 0.1) is 5.51 Å². The van der Waals surface area contributed by atoms with E-state index in [1.54, 1.807) is 11.6 Å². The number of thiazole rings is 1. The first-order chi connectivity index (χ1) is 3.80. The van der Waals surface area contributed by atoms with Crippen LogP contribution in [0.4, 0.5) is 0 Å². The smallest absolute Gasteiger partial charge is 0.00545 e. The Hall–Kier alpha value is -0.220. The Morgan fingerprint density at radius 1 is 2.00 bits per heavy atom. The van der Waals surface area contributed by atoms with E-state index < -0.39 is 10.8 Å². The number of rotatable bonds is 1. The van der Waals surface area contributed by atoms with Crippen molar-refractivity contribution in [3.63, 3.8) is 0 Å². The molecule has 1 atom stereocenters. The zero-order chi connectivity index (χ0) is 5.98. The highest BCUT2D eigenvalue weighted by Gasteiger charge is 1.83. The van der Waals surface area contributed by atoms with Gasteiger partial charge in [0.1, 0.15) is 0 Å². The molecule has 0 saturated heterocycles. The van der Waals surface area contributed by atoms with E-state index in [9.17, 15) is 4.21 Å². The highest BCUT2D eigenvalue weighted by molar-refractivity contribution is 7.84. The van der Waals surface area contributed by atoms with Gasteiger partial charge in [0.05, 0.1) is 0 Å². The van der Waals surface area contributed by atoms with Crippen molar-refractivity contribution >= 4 is 22.1 Å². The third-order valence-corrected chi connectivity index (χ3v) is 2.15. The molecule has 2 nitrogen and oxygen atoms in total. The van der Waals surface area contributed by atoms with Gasteiger partial charge in [-0.2, -0.15) is 0 Å². The van der Waals surface area contributed by atoms with Crippen LogP contribution in [0.15, 0.2) is 10.4 Å². The molecule has 0 aliphatic rings. The van der Waals surface area contributed by atoms with Gasteiger partial charge in [0.25, 0.3) is 0 Å². The fourth-order valence-electron chi connectivity index (χ4n) is 0.306. The lowest BCUT2D eigenvalue weighted by molar-refractivity contribution is 0.684. The van der Waals surface area contributed by atoms with Crippen molar-refractivity contribution in [2.24, 2.45) is 0 Å². The summed E-state index contributed by atoms with van der Waals surface area (Å²) in [6.45, 7) is 0. The van der Waals surface area contributed by atoms with Gasteiger partial charge in [0.2, 0.25) is 0 Å². The molecule has 0 aliphatic carbocycles. The van der Waals surface area contributed by atoms with E-state index in [0.29, 0.717) is 5.03 Å². The van der Waals surface area contributed by atoms with Gasteiger partial charge in [-0.1, -0.05) is 0 Å². The summed E-state index contributed by atoms with van der Waals surface area (Å²) in [7, 11) is -0.930. The minimum atomic E-state index is -0.930. The maximum atomic E-state index is 10.5. The minimum absolute atomic E-state index is 0.620. The monoisotopic (exact) mass is 146 g/mol. The largest absolute Gasteiger partial charge is 0.378 e. The molecular formula is C4H4NOS2-. The van der Waals surface area contributed by atoms with Gasteiger partial charge in [-0.3, -0.25) is 15.5 Å². The molecule has 0 amide bonds. The highest BCUT2D eigenvalue weighted by Crippen LogP contribution is 2.02. The molecule has 1 aromatic rings. The molecule has 0 spiro atoms. The molecule has 1 unspecified atom stereocenters. The van der Waals surface area contributed by atoms with Crippen LogP contribution in [0.25, 0.3) is 0 Å². The fraction of sp³-hybridized carbons (Fsp3) is 0.250. The van der Waals surface area contributed by atoms with Gasteiger partial charge >= 0.3 is 0 Å². The van der Waals surface area contributed by atoms with E-state index in [4.69, 9.17) is 0 Å². The van der Waals surface area contributed by atoms with Crippen LogP contribution in [0.3, 0.4) is 0 Å². The van der Waals surface area contributed by atoms with E-state index in [1.807, 2.05) is 0 Å². The molecule has 0 N–H and O–H groups in total. The molecule has 0 fully saturated rings. The third kappa shape index (κ3) is 1.14. The van der Waals surface area contributed by atoms with E-state index in [2.05, 4.69) is 10.5 Å². The summed E-state index contributed by atoms with van der Waals surface area (Å²) in [5.74, 6) is 0. The number of hydrogen-bond acceptors (Lipinski definition) is 3. The Labute approximate surface area is 54.0 Å². The van der Waals surface area contributed by atoms with Crippen LogP contribution in [0.2, 0.25) is 0 Å². The number of hydrogen-bond donors (Lipinski definition) is 0. The number of nitrogens with zero attached hydrogens (tertiary/aromatic N) is 1. The van der Waals surface area contributed by atoms with Gasteiger partial charge in [-0.25, -0.2) is 0 Å². The first-order valence-corrected chi connectivity index (χ1v) is 4.39. The summed E-state index contributed by atoms with van der Waals surface area (Å²) >= 11 is 1.34. The van der Waals surface area contributed by atoms with Gasteiger partial charge < -0.3 is 4.98 Å². The van der Waals surface area contributed by atoms with Crippen molar-refractivity contribution in [2.45, 2.75) is 5.03 Å². The molecule has 4 heteroatoms. The standard InChI is InChI=1S/C4H4NOS2/c1-8(6)4-2-7-3-5-4/h2H,1H3/q-1. The van der Waals surface area contributed by atoms with Gasteiger partial charge in [-0.15, -0.1) is 5.38 Å². The molecule has 0 bridgehead atoms. The molecule has 0 radical (unpaired) electrons. The Bertz CT molecular complexity index is 182. The van der Waals surface area contributed by atoms with Crippen molar-refractivity contribution in [3.05, 3.63) is 10.9 Å². The lowest BCUT2D eigenvalue weighted by Gasteiger charge is -1.91. The highest BCUT2D eigenvalue weighted by atomic mass is 32.2. The summed E-state index contributed by atoms with van der Waals surface area (Å²) < 4.78 is 10.5. The average Bonchev–Trinajstić information content (AvgIpc) is 2.12. The Balaban J connectivity index is 2.93. The topological polar surface area (TPSA) is 30.0 Å². The first kappa shape index (κ1) is 5.91. The van der Waals surface area contributed by atoms with Crippen molar-refractivity contribution in [3.8, 4) is 0 Å². The quantitative estimate of drug-likeness (QED) is 0.545. The predicted molar refractivity (Wildman–Crippen MR) is 33.3 cm³/mol. The number of aromatic nitrogens is 1. The molecule has 0 aromatic carbocycles. The van der Waals surface area contributed by atoms with Crippen molar-refractivity contribution in [1.29, 1.82) is 0 Å². The molecule has 8 heavy (non-hydrogen) atoms. The SMILES string of the molecule is CS(=O)c1cs[c-]n1. The maximum absolute atomic E-state index is 10.5. The predicted octanol–water partition coefficient (Wildman–Crippen LogP) is 0.681. The second-order valence-corrected chi connectivity index (χ2v) is 3.21. The molecule has 1 rings (SSSR count). The fourth-order valence-corrected chi connectivity index (χ4v) is 1.58. The van der Waals surface area contributed by atoms with Gasteiger partial charge in [-0.05, 0) is 10.5 Å². The maximum Gasteiger partial charge on any atom is 0.00545 e. The average molecular weight is 146 g/mol. The molecule has 1 heterocycles. The summed E-state index contributed by atoms with van der Waals surface area (Å²) in [5.41, 5.74) is 2.61. The van der Waals surface area contributed by atoms with Crippen LogP contribution >= 0.6 is 11.3 Å². The van der Waals surface area contributed by atoms with Crippen LogP contribution in [-0.4, -0.2) is 15.4 Å². The zero-order valence-corrected chi connectivity index (χ0v) is 5.88. The Morgan fingerprint density at radius 2 is 2.75 bits per heavy atom. The van der Waals surface area contributed by atoms with E-state index in [0.717, 1.165) is 0 Å². The van der Waals surface area contributed by atoms with E-state index in [-0.39, 0.29) is 0 Å². The van der Waals surface area contributed by atoms with Gasteiger partial charge in [0.15, 0.2) is 0 Å². The normalized spacial score (nSPS) is 13.6. The lowest BCUT2D eigenvalue weighted by Crippen LogP contribution is -1.84. The van der Waals surface area contributed by atoms with Crippen molar-refractivity contribution in [2.75, 3.05) is 6.26 Å². The van der Waals surface area contributed by atoms with Gasteiger partial charge in [0, 0.05) is 17.1 Å². The van der Waals surface area contributed by atoms with Crippen molar-refractivity contribution in [1.82, 2.24) is 4.98 Å². The second-order valence-electron chi connectivity index (χ2n) is 1.23. The minimum Gasteiger partial charge on any atom is -0.378 e. The van der Waals surface area contributed by atoms with Crippen LogP contribution in [-0.2, 0) is 10.8 Å². The lowest BCUT2D eigenvalue weighted by atomic mass is 11.0. The van der Waals surface area contributed by atoms with E-state index >= 15 is 0 Å². The van der Waals surface area contributed by atoms with Crippen LogP contribution < -0.4 is 0 Å². The first-order valence-electron chi connectivity index (χ1n) is 1.95. The summed E-state index contributed by atoms with van der Waals surface area (Å²) in [6, 6.07) is 0. The molecule has 1 aromatic heterocycles.